The number of ether oxygens (including phenoxy) is 1. The SMILES string of the molecule is C#C/C=C\C(=C/C)OC(=O)Nc1cc(C)cc(NS(C)(=O)=O)c1. The molecular formula is C16H18N2O4S. The Morgan fingerprint density at radius 2 is 1.96 bits per heavy atom. The van der Waals surface area contributed by atoms with E-state index in [0.717, 1.165) is 11.8 Å². The van der Waals surface area contributed by atoms with Gasteiger partial charge in [0.2, 0.25) is 10.0 Å². The number of hydrogen-bond donors (Lipinski definition) is 2. The lowest BCUT2D eigenvalue weighted by Crippen LogP contribution is -2.14. The minimum absolute atomic E-state index is 0.294. The molecule has 0 aliphatic heterocycles. The van der Waals surface area contributed by atoms with Crippen molar-refractivity contribution in [2.24, 2.45) is 0 Å². The summed E-state index contributed by atoms with van der Waals surface area (Å²) in [6.45, 7) is 3.47. The summed E-state index contributed by atoms with van der Waals surface area (Å²) >= 11 is 0. The summed E-state index contributed by atoms with van der Waals surface area (Å²) in [5, 5.41) is 2.53. The normalized spacial score (nSPS) is 11.8. The Hall–Kier alpha value is -2.72. The molecule has 0 heterocycles. The van der Waals surface area contributed by atoms with Crippen LogP contribution in [0.15, 0.2) is 42.2 Å². The van der Waals surface area contributed by atoms with Crippen LogP contribution in [0.25, 0.3) is 0 Å². The van der Waals surface area contributed by atoms with Gasteiger partial charge in [0.25, 0.3) is 0 Å². The topological polar surface area (TPSA) is 84.5 Å². The maximum absolute atomic E-state index is 11.9. The Morgan fingerprint density at radius 1 is 1.30 bits per heavy atom. The van der Waals surface area contributed by atoms with Crippen molar-refractivity contribution in [3.8, 4) is 12.3 Å². The number of terminal acetylenes is 1. The summed E-state index contributed by atoms with van der Waals surface area (Å²) in [5.74, 6) is 2.59. The highest BCUT2D eigenvalue weighted by Gasteiger charge is 2.08. The first-order chi connectivity index (χ1) is 10.7. The molecule has 0 atom stereocenters. The van der Waals surface area contributed by atoms with Gasteiger partial charge in [0, 0.05) is 5.69 Å². The Bertz CT molecular complexity index is 787. The zero-order valence-electron chi connectivity index (χ0n) is 13.1. The van der Waals surface area contributed by atoms with Crippen LogP contribution in [0.1, 0.15) is 12.5 Å². The van der Waals surface area contributed by atoms with Gasteiger partial charge in [-0.05, 0) is 55.8 Å². The van der Waals surface area contributed by atoms with Crippen molar-refractivity contribution >= 4 is 27.5 Å². The number of aryl methyl sites for hydroxylation is 1. The van der Waals surface area contributed by atoms with Crippen molar-refractivity contribution in [3.05, 3.63) is 47.7 Å². The van der Waals surface area contributed by atoms with Crippen molar-refractivity contribution in [3.63, 3.8) is 0 Å². The van der Waals surface area contributed by atoms with Crippen molar-refractivity contribution in [2.45, 2.75) is 13.8 Å². The number of allylic oxidation sites excluding steroid dienone is 3. The molecule has 0 spiro atoms. The fraction of sp³-hybridized carbons (Fsp3) is 0.188. The molecule has 122 valence electrons. The lowest BCUT2D eigenvalue weighted by molar-refractivity contribution is 0.194. The lowest BCUT2D eigenvalue weighted by atomic mass is 10.2. The number of carbonyl (C=O) groups is 1. The fourth-order valence-corrected chi connectivity index (χ4v) is 2.24. The van der Waals surface area contributed by atoms with E-state index in [-0.39, 0.29) is 0 Å². The molecular weight excluding hydrogens is 316 g/mol. The number of anilines is 2. The molecule has 1 aromatic rings. The minimum atomic E-state index is -3.40. The van der Waals surface area contributed by atoms with Crippen molar-refractivity contribution in [1.29, 1.82) is 0 Å². The quantitative estimate of drug-likeness (QED) is 0.492. The second-order valence-corrected chi connectivity index (χ2v) is 6.42. The molecule has 0 saturated carbocycles. The van der Waals surface area contributed by atoms with Gasteiger partial charge in [-0.2, -0.15) is 0 Å². The van der Waals surface area contributed by atoms with E-state index < -0.39 is 16.1 Å². The van der Waals surface area contributed by atoms with Gasteiger partial charge in [0.15, 0.2) is 0 Å². The van der Waals surface area contributed by atoms with Crippen LogP contribution in [0.3, 0.4) is 0 Å². The first-order valence-electron chi connectivity index (χ1n) is 6.61. The van der Waals surface area contributed by atoms with Crippen LogP contribution in [0.5, 0.6) is 0 Å². The predicted octanol–water partition coefficient (Wildman–Crippen LogP) is 3.01. The maximum Gasteiger partial charge on any atom is 0.417 e. The molecule has 23 heavy (non-hydrogen) atoms. The smallest absolute Gasteiger partial charge is 0.410 e. The van der Waals surface area contributed by atoms with E-state index in [2.05, 4.69) is 16.0 Å². The number of benzene rings is 1. The van der Waals surface area contributed by atoms with Gasteiger partial charge in [-0.15, -0.1) is 6.42 Å². The van der Waals surface area contributed by atoms with Gasteiger partial charge in [-0.3, -0.25) is 10.0 Å². The molecule has 0 aromatic heterocycles. The number of amides is 1. The van der Waals surface area contributed by atoms with E-state index in [1.807, 2.05) is 0 Å². The molecule has 0 aliphatic rings. The van der Waals surface area contributed by atoms with Gasteiger partial charge in [-0.25, -0.2) is 13.2 Å². The zero-order valence-corrected chi connectivity index (χ0v) is 13.9. The summed E-state index contributed by atoms with van der Waals surface area (Å²) in [4.78, 5) is 11.9. The third-order valence-corrected chi connectivity index (χ3v) is 3.07. The maximum atomic E-state index is 11.9. The van der Waals surface area contributed by atoms with Crippen LogP contribution in [0.4, 0.5) is 16.2 Å². The van der Waals surface area contributed by atoms with Gasteiger partial charge < -0.3 is 4.74 Å². The standard InChI is InChI=1S/C16H18N2O4S/c1-5-7-8-15(6-2)22-16(19)17-13-9-12(3)10-14(11-13)18-23(4,20)21/h1,6-11,18H,2-4H3,(H,17,19)/b8-7-,15-6+. The number of carbonyl (C=O) groups excluding carboxylic acids is 1. The Balaban J connectivity index is 2.86. The van der Waals surface area contributed by atoms with Gasteiger partial charge in [-0.1, -0.05) is 5.92 Å². The van der Waals surface area contributed by atoms with E-state index in [9.17, 15) is 13.2 Å². The first kappa shape index (κ1) is 18.3. The van der Waals surface area contributed by atoms with E-state index in [4.69, 9.17) is 11.2 Å². The monoisotopic (exact) mass is 334 g/mol. The average molecular weight is 334 g/mol. The molecule has 0 fully saturated rings. The van der Waals surface area contributed by atoms with Crippen LogP contribution in [0, 0.1) is 19.3 Å². The highest BCUT2D eigenvalue weighted by Crippen LogP contribution is 2.20. The van der Waals surface area contributed by atoms with Crippen LogP contribution in [-0.2, 0) is 14.8 Å². The minimum Gasteiger partial charge on any atom is -0.410 e. The number of nitrogens with one attached hydrogen (secondary N) is 2. The molecule has 0 radical (unpaired) electrons. The Labute approximate surface area is 136 Å². The van der Waals surface area contributed by atoms with E-state index in [0.29, 0.717) is 17.1 Å². The second kappa shape index (κ2) is 8.06. The Morgan fingerprint density at radius 3 is 2.52 bits per heavy atom. The molecule has 2 N–H and O–H groups in total. The highest BCUT2D eigenvalue weighted by molar-refractivity contribution is 7.92. The largest absolute Gasteiger partial charge is 0.417 e. The number of rotatable bonds is 5. The summed E-state index contributed by atoms with van der Waals surface area (Å²) < 4.78 is 30.0. The number of sulfonamides is 1. The van der Waals surface area contributed by atoms with Crippen molar-refractivity contribution in [1.82, 2.24) is 0 Å². The lowest BCUT2D eigenvalue weighted by Gasteiger charge is -2.10. The third kappa shape index (κ3) is 7.20. The first-order valence-corrected chi connectivity index (χ1v) is 8.50. The zero-order chi connectivity index (χ0) is 17.5. The fourth-order valence-electron chi connectivity index (χ4n) is 1.70. The summed E-state index contributed by atoms with van der Waals surface area (Å²) in [5.41, 5.74) is 1.52. The Kier molecular flexibility index (Phi) is 6.42. The predicted molar refractivity (Wildman–Crippen MR) is 91.5 cm³/mol. The van der Waals surface area contributed by atoms with Crippen LogP contribution >= 0.6 is 0 Å². The molecule has 1 rings (SSSR count). The second-order valence-electron chi connectivity index (χ2n) is 4.67. The molecule has 1 aromatic carbocycles. The van der Waals surface area contributed by atoms with E-state index >= 15 is 0 Å². The van der Waals surface area contributed by atoms with Crippen LogP contribution in [0.2, 0.25) is 0 Å². The molecule has 0 unspecified atom stereocenters. The van der Waals surface area contributed by atoms with Gasteiger partial charge in [0.1, 0.15) is 5.76 Å². The molecule has 0 aliphatic carbocycles. The van der Waals surface area contributed by atoms with Crippen LogP contribution < -0.4 is 10.0 Å². The number of hydrogen-bond acceptors (Lipinski definition) is 4. The van der Waals surface area contributed by atoms with Gasteiger partial charge in [0.05, 0.1) is 11.9 Å². The van der Waals surface area contributed by atoms with Gasteiger partial charge >= 0.3 is 6.09 Å². The van der Waals surface area contributed by atoms with Crippen molar-refractivity contribution < 1.29 is 17.9 Å². The highest BCUT2D eigenvalue weighted by atomic mass is 32.2. The van der Waals surface area contributed by atoms with E-state index in [1.54, 1.807) is 32.1 Å². The average Bonchev–Trinajstić information content (AvgIpc) is 2.40. The van der Waals surface area contributed by atoms with E-state index in [1.165, 1.54) is 18.2 Å². The molecule has 0 bridgehead atoms. The molecule has 7 heteroatoms. The molecule has 1 amide bonds. The molecule has 6 nitrogen and oxygen atoms in total. The summed E-state index contributed by atoms with van der Waals surface area (Å²) in [6, 6.07) is 4.81. The summed E-state index contributed by atoms with van der Waals surface area (Å²) in [7, 11) is -3.40. The summed E-state index contributed by atoms with van der Waals surface area (Å²) in [6.07, 6.45) is 9.90. The third-order valence-electron chi connectivity index (χ3n) is 2.47. The van der Waals surface area contributed by atoms with Crippen molar-refractivity contribution in [2.75, 3.05) is 16.3 Å². The van der Waals surface area contributed by atoms with Crippen LogP contribution in [-0.4, -0.2) is 20.8 Å². The molecule has 0 saturated heterocycles.